The number of H-pyrrole nitrogens is 1. The van der Waals surface area contributed by atoms with Gasteiger partial charge in [0, 0.05) is 25.2 Å². The molecular formula is C13H19N5O. The summed E-state index contributed by atoms with van der Waals surface area (Å²) >= 11 is 0. The van der Waals surface area contributed by atoms with E-state index in [2.05, 4.69) is 39.2 Å². The summed E-state index contributed by atoms with van der Waals surface area (Å²) in [5.74, 6) is 3.02. The molecule has 0 spiro atoms. The Morgan fingerprint density at radius 2 is 2.00 bits per heavy atom. The first-order valence-electron chi connectivity index (χ1n) is 6.62. The Labute approximate surface area is 112 Å². The number of aromatic nitrogens is 3. The number of nitrogens with zero attached hydrogens (tertiary/aromatic N) is 3. The standard InChI is InChI=1S/C13H19N5O/c1-8-6-18(7-9(2)14-8)13-15-12(16-17-13)11-5-4-10(3)19-11/h4-5,8-9,14H,6-7H2,1-3H3,(H,15,16,17). The molecule has 0 bridgehead atoms. The van der Waals surface area contributed by atoms with E-state index < -0.39 is 0 Å². The molecule has 6 nitrogen and oxygen atoms in total. The number of hydrogen-bond acceptors (Lipinski definition) is 5. The van der Waals surface area contributed by atoms with Crippen molar-refractivity contribution in [1.29, 1.82) is 0 Å². The second-order valence-electron chi connectivity index (χ2n) is 5.27. The zero-order valence-electron chi connectivity index (χ0n) is 11.5. The molecule has 0 aliphatic carbocycles. The topological polar surface area (TPSA) is 70.0 Å². The number of aromatic amines is 1. The van der Waals surface area contributed by atoms with E-state index in [-0.39, 0.29) is 0 Å². The predicted octanol–water partition coefficient (Wildman–Crippen LogP) is 1.56. The molecule has 2 aromatic heterocycles. The van der Waals surface area contributed by atoms with E-state index in [4.69, 9.17) is 4.42 Å². The molecule has 2 N–H and O–H groups in total. The average molecular weight is 261 g/mol. The second-order valence-corrected chi connectivity index (χ2v) is 5.27. The van der Waals surface area contributed by atoms with Crippen molar-refractivity contribution >= 4 is 5.95 Å². The third-order valence-electron chi connectivity index (χ3n) is 3.29. The summed E-state index contributed by atoms with van der Waals surface area (Å²) in [5.41, 5.74) is 0. The number of rotatable bonds is 2. The Morgan fingerprint density at radius 3 is 2.63 bits per heavy atom. The highest BCUT2D eigenvalue weighted by atomic mass is 16.3. The molecule has 1 aliphatic rings. The van der Waals surface area contributed by atoms with E-state index >= 15 is 0 Å². The number of furan rings is 1. The third kappa shape index (κ3) is 2.49. The molecule has 19 heavy (non-hydrogen) atoms. The van der Waals surface area contributed by atoms with Crippen LogP contribution < -0.4 is 10.2 Å². The maximum Gasteiger partial charge on any atom is 0.245 e. The van der Waals surface area contributed by atoms with Gasteiger partial charge in [0.1, 0.15) is 5.76 Å². The molecule has 2 unspecified atom stereocenters. The number of aryl methyl sites for hydroxylation is 1. The van der Waals surface area contributed by atoms with Crippen LogP contribution in [0.15, 0.2) is 16.5 Å². The molecule has 0 aromatic carbocycles. The number of anilines is 1. The van der Waals surface area contributed by atoms with E-state index in [1.165, 1.54) is 0 Å². The highest BCUT2D eigenvalue weighted by molar-refractivity contribution is 5.49. The van der Waals surface area contributed by atoms with Gasteiger partial charge in [0.05, 0.1) is 0 Å². The van der Waals surface area contributed by atoms with Gasteiger partial charge in [0.2, 0.25) is 5.95 Å². The zero-order valence-corrected chi connectivity index (χ0v) is 11.5. The molecule has 6 heteroatoms. The van der Waals surface area contributed by atoms with Crippen molar-refractivity contribution in [3.8, 4) is 11.6 Å². The summed E-state index contributed by atoms with van der Waals surface area (Å²) in [7, 11) is 0. The molecule has 2 atom stereocenters. The van der Waals surface area contributed by atoms with E-state index in [1.54, 1.807) is 0 Å². The van der Waals surface area contributed by atoms with Gasteiger partial charge in [-0.2, -0.15) is 4.98 Å². The van der Waals surface area contributed by atoms with Crippen molar-refractivity contribution in [3.63, 3.8) is 0 Å². The first-order valence-corrected chi connectivity index (χ1v) is 6.62. The molecule has 0 saturated carbocycles. The third-order valence-corrected chi connectivity index (χ3v) is 3.29. The monoisotopic (exact) mass is 261 g/mol. The Morgan fingerprint density at radius 1 is 1.26 bits per heavy atom. The van der Waals surface area contributed by atoms with Crippen LogP contribution in [0.4, 0.5) is 5.95 Å². The van der Waals surface area contributed by atoms with Crippen LogP contribution in [0.1, 0.15) is 19.6 Å². The molecular weight excluding hydrogens is 242 g/mol. The van der Waals surface area contributed by atoms with Gasteiger partial charge < -0.3 is 14.6 Å². The highest BCUT2D eigenvalue weighted by Gasteiger charge is 2.24. The molecule has 3 heterocycles. The maximum atomic E-state index is 5.55. The van der Waals surface area contributed by atoms with Crippen molar-refractivity contribution in [3.05, 3.63) is 17.9 Å². The molecule has 2 aromatic rings. The van der Waals surface area contributed by atoms with Crippen molar-refractivity contribution in [1.82, 2.24) is 20.5 Å². The van der Waals surface area contributed by atoms with Gasteiger partial charge in [0.25, 0.3) is 0 Å². The van der Waals surface area contributed by atoms with Gasteiger partial charge in [-0.1, -0.05) is 0 Å². The summed E-state index contributed by atoms with van der Waals surface area (Å²) in [4.78, 5) is 6.72. The second kappa shape index (κ2) is 4.70. The minimum Gasteiger partial charge on any atom is -0.458 e. The number of nitrogens with one attached hydrogen (secondary N) is 2. The Kier molecular flexibility index (Phi) is 3.02. The normalized spacial score (nSPS) is 23.8. The van der Waals surface area contributed by atoms with Gasteiger partial charge in [-0.3, -0.25) is 5.10 Å². The average Bonchev–Trinajstić information content (AvgIpc) is 2.95. The fourth-order valence-corrected chi connectivity index (χ4v) is 2.56. The summed E-state index contributed by atoms with van der Waals surface area (Å²) in [6, 6.07) is 4.71. The van der Waals surface area contributed by atoms with Crippen LogP contribution >= 0.6 is 0 Å². The first kappa shape index (κ1) is 12.2. The predicted molar refractivity (Wildman–Crippen MR) is 73.1 cm³/mol. The van der Waals surface area contributed by atoms with Crippen molar-refractivity contribution < 1.29 is 4.42 Å². The number of piperazine rings is 1. The maximum absolute atomic E-state index is 5.55. The minimum atomic E-state index is 0.441. The van der Waals surface area contributed by atoms with Crippen LogP contribution in [0.2, 0.25) is 0 Å². The highest BCUT2D eigenvalue weighted by Crippen LogP contribution is 2.21. The largest absolute Gasteiger partial charge is 0.458 e. The van der Waals surface area contributed by atoms with Crippen molar-refractivity contribution in [2.24, 2.45) is 0 Å². The van der Waals surface area contributed by atoms with Gasteiger partial charge >= 0.3 is 0 Å². The zero-order chi connectivity index (χ0) is 13.4. The molecule has 102 valence electrons. The van der Waals surface area contributed by atoms with Crippen LogP contribution in [-0.2, 0) is 0 Å². The van der Waals surface area contributed by atoms with Crippen LogP contribution in [0.25, 0.3) is 11.6 Å². The Balaban J connectivity index is 1.81. The van der Waals surface area contributed by atoms with Gasteiger partial charge in [-0.05, 0) is 32.9 Å². The fraction of sp³-hybridized carbons (Fsp3) is 0.538. The first-order chi connectivity index (χ1) is 9.11. The van der Waals surface area contributed by atoms with Crippen molar-refractivity contribution in [2.45, 2.75) is 32.9 Å². The van der Waals surface area contributed by atoms with Crippen LogP contribution in [0, 0.1) is 6.92 Å². The molecule has 0 radical (unpaired) electrons. The van der Waals surface area contributed by atoms with E-state index in [0.29, 0.717) is 17.9 Å². The lowest BCUT2D eigenvalue weighted by molar-refractivity contribution is 0.403. The molecule has 3 rings (SSSR count). The van der Waals surface area contributed by atoms with E-state index in [1.807, 2.05) is 19.1 Å². The quantitative estimate of drug-likeness (QED) is 0.858. The SMILES string of the molecule is Cc1ccc(-c2nc(N3CC(C)NC(C)C3)n[nH]2)o1. The Hall–Kier alpha value is -1.82. The van der Waals surface area contributed by atoms with Crippen LogP contribution in [-0.4, -0.2) is 40.4 Å². The van der Waals surface area contributed by atoms with Gasteiger partial charge in [0.15, 0.2) is 11.6 Å². The van der Waals surface area contributed by atoms with E-state index in [9.17, 15) is 0 Å². The minimum absolute atomic E-state index is 0.441. The summed E-state index contributed by atoms with van der Waals surface area (Å²) in [6.45, 7) is 8.09. The van der Waals surface area contributed by atoms with Crippen LogP contribution in [0.3, 0.4) is 0 Å². The number of hydrogen-bond donors (Lipinski definition) is 2. The molecule has 0 amide bonds. The lowest BCUT2D eigenvalue weighted by Crippen LogP contribution is -2.54. The van der Waals surface area contributed by atoms with Gasteiger partial charge in [-0.25, -0.2) is 0 Å². The Bertz CT molecular complexity index is 551. The molecule has 1 aliphatic heterocycles. The van der Waals surface area contributed by atoms with Crippen LogP contribution in [0.5, 0.6) is 0 Å². The summed E-state index contributed by atoms with van der Waals surface area (Å²) in [5, 5.41) is 10.7. The molecule has 1 fully saturated rings. The smallest absolute Gasteiger partial charge is 0.245 e. The lowest BCUT2D eigenvalue weighted by atomic mass is 10.1. The van der Waals surface area contributed by atoms with Gasteiger partial charge in [-0.15, -0.1) is 5.10 Å². The van der Waals surface area contributed by atoms with E-state index in [0.717, 1.165) is 30.6 Å². The van der Waals surface area contributed by atoms with Crippen molar-refractivity contribution in [2.75, 3.05) is 18.0 Å². The fourth-order valence-electron chi connectivity index (χ4n) is 2.56. The summed E-state index contributed by atoms with van der Waals surface area (Å²) < 4.78 is 5.55. The lowest BCUT2D eigenvalue weighted by Gasteiger charge is -2.35. The molecule has 1 saturated heterocycles. The summed E-state index contributed by atoms with van der Waals surface area (Å²) in [6.07, 6.45) is 0.